The molecule has 1 saturated heterocycles. The van der Waals surface area contributed by atoms with Crippen molar-refractivity contribution < 1.29 is 20.7 Å². The van der Waals surface area contributed by atoms with Crippen molar-refractivity contribution in [3.63, 3.8) is 0 Å². The Hall–Kier alpha value is -0.640. The molecule has 1 aromatic carbocycles. The Labute approximate surface area is 116 Å². The van der Waals surface area contributed by atoms with E-state index in [1.165, 1.54) is 16.4 Å². The van der Waals surface area contributed by atoms with Crippen LogP contribution in [-0.2, 0) is 20.2 Å². The molecule has 0 amide bonds. The number of benzene rings is 1. The third-order valence-electron chi connectivity index (χ3n) is 2.69. The largest absolute Gasteiger partial charge is 0.332 e. The standard InChI is InChI=1S/C10H12FNO4S3/c11-18(13,14)9-2-1-3-10(8-9)19(15,16)12-4-6-17-7-5-12/h1-3,8H,4-7H2. The summed E-state index contributed by atoms with van der Waals surface area (Å²) in [6.45, 7) is 0.749. The molecule has 0 radical (unpaired) electrons. The van der Waals surface area contributed by atoms with Gasteiger partial charge in [-0.05, 0) is 18.2 Å². The highest BCUT2D eigenvalue weighted by atomic mass is 32.3. The van der Waals surface area contributed by atoms with Gasteiger partial charge in [-0.25, -0.2) is 8.42 Å². The summed E-state index contributed by atoms with van der Waals surface area (Å²) in [5.74, 6) is 1.39. The quantitative estimate of drug-likeness (QED) is 0.778. The van der Waals surface area contributed by atoms with E-state index < -0.39 is 25.1 Å². The third-order valence-corrected chi connectivity index (χ3v) is 6.35. The summed E-state index contributed by atoms with van der Waals surface area (Å²) in [4.78, 5) is -0.835. The average molecular weight is 325 g/mol. The first-order valence-corrected chi connectivity index (χ1v) is 9.42. The maximum Gasteiger partial charge on any atom is 0.332 e. The molecule has 19 heavy (non-hydrogen) atoms. The fraction of sp³-hybridized carbons (Fsp3) is 0.400. The Morgan fingerprint density at radius 1 is 1.05 bits per heavy atom. The van der Waals surface area contributed by atoms with E-state index in [1.807, 2.05) is 0 Å². The second-order valence-electron chi connectivity index (χ2n) is 3.93. The van der Waals surface area contributed by atoms with Crippen LogP contribution in [0.15, 0.2) is 34.1 Å². The molecule has 1 heterocycles. The minimum absolute atomic E-state index is 0.196. The molecule has 0 saturated carbocycles. The second kappa shape index (κ2) is 5.39. The summed E-state index contributed by atoms with van der Waals surface area (Å²) in [7, 11) is -8.66. The molecule has 0 atom stereocenters. The van der Waals surface area contributed by atoms with Gasteiger partial charge in [0.1, 0.15) is 0 Å². The van der Waals surface area contributed by atoms with E-state index in [0.717, 1.165) is 12.1 Å². The smallest absolute Gasteiger partial charge is 0.207 e. The highest BCUT2D eigenvalue weighted by Gasteiger charge is 2.27. The van der Waals surface area contributed by atoms with Crippen LogP contribution in [0.1, 0.15) is 0 Å². The van der Waals surface area contributed by atoms with Gasteiger partial charge in [0.2, 0.25) is 10.0 Å². The average Bonchev–Trinajstić information content (AvgIpc) is 2.39. The van der Waals surface area contributed by atoms with Crippen LogP contribution >= 0.6 is 11.8 Å². The summed E-state index contributed by atoms with van der Waals surface area (Å²) < 4.78 is 60.3. The first kappa shape index (κ1) is 14.8. The van der Waals surface area contributed by atoms with Crippen LogP contribution in [-0.4, -0.2) is 45.7 Å². The van der Waals surface area contributed by atoms with Crippen molar-refractivity contribution in [2.75, 3.05) is 24.6 Å². The number of halogens is 1. The van der Waals surface area contributed by atoms with E-state index in [-0.39, 0.29) is 4.90 Å². The molecule has 0 aromatic heterocycles. The van der Waals surface area contributed by atoms with Crippen molar-refractivity contribution in [3.05, 3.63) is 24.3 Å². The molecule has 0 aliphatic carbocycles. The number of nitrogens with zero attached hydrogens (tertiary/aromatic N) is 1. The van der Waals surface area contributed by atoms with Gasteiger partial charge < -0.3 is 0 Å². The predicted octanol–water partition coefficient (Wildman–Crippen LogP) is 1.08. The van der Waals surface area contributed by atoms with Crippen molar-refractivity contribution in [1.29, 1.82) is 0 Å². The van der Waals surface area contributed by atoms with E-state index in [9.17, 15) is 20.7 Å². The van der Waals surface area contributed by atoms with E-state index in [4.69, 9.17) is 0 Å². The Kier molecular flexibility index (Phi) is 4.19. The molecule has 106 valence electrons. The van der Waals surface area contributed by atoms with Crippen LogP contribution in [0.5, 0.6) is 0 Å². The number of hydrogen-bond acceptors (Lipinski definition) is 5. The van der Waals surface area contributed by atoms with Crippen molar-refractivity contribution in [2.45, 2.75) is 9.79 Å². The summed E-state index contributed by atoms with van der Waals surface area (Å²) in [5, 5.41) is 0. The summed E-state index contributed by atoms with van der Waals surface area (Å²) >= 11 is 1.66. The molecular formula is C10H12FNO4S3. The normalized spacial score (nSPS) is 18.4. The van der Waals surface area contributed by atoms with Gasteiger partial charge in [-0.2, -0.15) is 24.5 Å². The Balaban J connectivity index is 2.41. The van der Waals surface area contributed by atoms with Gasteiger partial charge in [0.25, 0.3) is 0 Å². The zero-order chi connectivity index (χ0) is 14.1. The van der Waals surface area contributed by atoms with E-state index in [0.29, 0.717) is 24.6 Å². The highest BCUT2D eigenvalue weighted by Crippen LogP contribution is 2.23. The van der Waals surface area contributed by atoms with Crippen LogP contribution in [0.4, 0.5) is 3.89 Å². The second-order valence-corrected chi connectivity index (χ2v) is 8.44. The monoisotopic (exact) mass is 325 g/mol. The summed E-state index contributed by atoms with van der Waals surface area (Å²) in [6.07, 6.45) is 0. The topological polar surface area (TPSA) is 71.5 Å². The van der Waals surface area contributed by atoms with Gasteiger partial charge in [0.05, 0.1) is 9.79 Å². The molecule has 1 fully saturated rings. The summed E-state index contributed by atoms with van der Waals surface area (Å²) in [5.41, 5.74) is 0. The lowest BCUT2D eigenvalue weighted by molar-refractivity contribution is 0.443. The lowest BCUT2D eigenvalue weighted by Crippen LogP contribution is -2.37. The Morgan fingerprint density at radius 2 is 1.63 bits per heavy atom. The molecule has 9 heteroatoms. The van der Waals surface area contributed by atoms with E-state index in [1.54, 1.807) is 11.8 Å². The highest BCUT2D eigenvalue weighted by molar-refractivity contribution is 7.99. The number of hydrogen-bond donors (Lipinski definition) is 0. The molecule has 1 aromatic rings. The number of sulfonamides is 1. The third kappa shape index (κ3) is 3.28. The SMILES string of the molecule is O=S(=O)(F)c1cccc(S(=O)(=O)N2CCSCC2)c1. The first-order chi connectivity index (χ1) is 8.82. The molecule has 0 bridgehead atoms. The Bertz CT molecular complexity index is 666. The van der Waals surface area contributed by atoms with Crippen LogP contribution < -0.4 is 0 Å². The van der Waals surface area contributed by atoms with Gasteiger partial charge in [0, 0.05) is 24.6 Å². The first-order valence-electron chi connectivity index (χ1n) is 5.44. The van der Waals surface area contributed by atoms with Crippen molar-refractivity contribution in [2.24, 2.45) is 0 Å². The predicted molar refractivity (Wildman–Crippen MR) is 70.8 cm³/mol. The molecule has 2 rings (SSSR count). The minimum atomic E-state index is -4.90. The zero-order valence-corrected chi connectivity index (χ0v) is 12.3. The number of rotatable bonds is 3. The minimum Gasteiger partial charge on any atom is -0.207 e. The lowest BCUT2D eigenvalue weighted by Gasteiger charge is -2.25. The van der Waals surface area contributed by atoms with E-state index in [2.05, 4.69) is 0 Å². The van der Waals surface area contributed by atoms with E-state index >= 15 is 0 Å². The molecule has 0 N–H and O–H groups in total. The van der Waals surface area contributed by atoms with Crippen LogP contribution in [0.25, 0.3) is 0 Å². The van der Waals surface area contributed by atoms with Gasteiger partial charge in [0.15, 0.2) is 0 Å². The molecule has 0 spiro atoms. The molecule has 0 unspecified atom stereocenters. The van der Waals surface area contributed by atoms with Gasteiger partial charge in [-0.15, -0.1) is 3.89 Å². The Morgan fingerprint density at radius 3 is 2.21 bits per heavy atom. The van der Waals surface area contributed by atoms with Crippen LogP contribution in [0.3, 0.4) is 0 Å². The van der Waals surface area contributed by atoms with Gasteiger partial charge >= 0.3 is 10.2 Å². The fourth-order valence-electron chi connectivity index (χ4n) is 1.72. The molecule has 1 aliphatic heterocycles. The molecule has 5 nitrogen and oxygen atoms in total. The molecular weight excluding hydrogens is 313 g/mol. The van der Waals surface area contributed by atoms with Crippen LogP contribution in [0.2, 0.25) is 0 Å². The molecule has 1 aliphatic rings. The van der Waals surface area contributed by atoms with Crippen molar-refractivity contribution in [3.8, 4) is 0 Å². The number of thioether (sulfide) groups is 1. The zero-order valence-electron chi connectivity index (χ0n) is 9.82. The maximum atomic E-state index is 12.9. The van der Waals surface area contributed by atoms with Crippen molar-refractivity contribution in [1.82, 2.24) is 4.31 Å². The lowest BCUT2D eigenvalue weighted by atomic mass is 10.4. The van der Waals surface area contributed by atoms with Crippen molar-refractivity contribution >= 4 is 32.0 Å². The van der Waals surface area contributed by atoms with Gasteiger partial charge in [-0.1, -0.05) is 6.07 Å². The van der Waals surface area contributed by atoms with Crippen LogP contribution in [0, 0.1) is 0 Å². The summed E-state index contributed by atoms with van der Waals surface area (Å²) in [6, 6.07) is 4.37. The fourth-order valence-corrected chi connectivity index (χ4v) is 4.93. The maximum absolute atomic E-state index is 12.9. The van der Waals surface area contributed by atoms with Gasteiger partial charge in [-0.3, -0.25) is 0 Å².